The molecule has 0 atom stereocenters. The number of carbonyl (C=O) groups excluding carboxylic acids is 2. The molecule has 6 nitrogen and oxygen atoms in total. The van der Waals surface area contributed by atoms with Crippen LogP contribution in [0, 0.1) is 12.7 Å². The molecule has 1 aliphatic heterocycles. The van der Waals surface area contributed by atoms with Crippen LogP contribution in [0.5, 0.6) is 17.2 Å². The Kier molecular flexibility index (Phi) is 8.74. The fourth-order valence-electron chi connectivity index (χ4n) is 3.56. The van der Waals surface area contributed by atoms with Gasteiger partial charge in [0.1, 0.15) is 24.8 Å². The van der Waals surface area contributed by atoms with Gasteiger partial charge in [-0.15, -0.1) is 0 Å². The van der Waals surface area contributed by atoms with Gasteiger partial charge in [0.2, 0.25) is 0 Å². The minimum atomic E-state index is -0.487. The molecule has 0 bridgehead atoms. The van der Waals surface area contributed by atoms with Crippen molar-refractivity contribution in [2.24, 2.45) is 0 Å². The SMILES string of the molecule is CCOc1cc(/C=C2\SC(=O)N(Cc3ccc(F)cc3Cl)C2=O)ccc1OCCOc1ccc(C)cc1. The van der Waals surface area contributed by atoms with E-state index in [1.807, 2.05) is 38.1 Å². The van der Waals surface area contributed by atoms with Crippen LogP contribution in [0.1, 0.15) is 23.6 Å². The third-order valence-electron chi connectivity index (χ3n) is 5.41. The van der Waals surface area contributed by atoms with Gasteiger partial charge < -0.3 is 14.2 Å². The van der Waals surface area contributed by atoms with Crippen LogP contribution in [0.25, 0.3) is 6.08 Å². The van der Waals surface area contributed by atoms with Crippen molar-refractivity contribution in [2.75, 3.05) is 19.8 Å². The third kappa shape index (κ3) is 6.84. The predicted molar refractivity (Wildman–Crippen MR) is 143 cm³/mol. The molecule has 0 unspecified atom stereocenters. The van der Waals surface area contributed by atoms with Gasteiger partial charge in [0.15, 0.2) is 11.5 Å². The normalized spacial score (nSPS) is 14.4. The zero-order valence-corrected chi connectivity index (χ0v) is 21.9. The van der Waals surface area contributed by atoms with Crippen molar-refractivity contribution in [2.45, 2.75) is 20.4 Å². The van der Waals surface area contributed by atoms with E-state index in [0.717, 1.165) is 34.0 Å². The lowest BCUT2D eigenvalue weighted by Crippen LogP contribution is -2.27. The van der Waals surface area contributed by atoms with Crippen LogP contribution in [-0.2, 0) is 11.3 Å². The van der Waals surface area contributed by atoms with Crippen LogP contribution in [0.2, 0.25) is 5.02 Å². The first-order valence-corrected chi connectivity index (χ1v) is 12.8. The number of hydrogen-bond acceptors (Lipinski definition) is 6. The van der Waals surface area contributed by atoms with Gasteiger partial charge >= 0.3 is 0 Å². The molecule has 1 fully saturated rings. The predicted octanol–water partition coefficient (Wildman–Crippen LogP) is 6.88. The number of imide groups is 1. The summed E-state index contributed by atoms with van der Waals surface area (Å²) in [7, 11) is 0. The highest BCUT2D eigenvalue weighted by Crippen LogP contribution is 2.36. The Morgan fingerprint density at radius 1 is 0.946 bits per heavy atom. The number of halogens is 2. The average molecular weight is 542 g/mol. The standard InChI is InChI=1S/C28H25ClFNO5S/c1-3-34-25-14-19(6-11-24(25)36-13-12-35-22-9-4-18(2)5-10-22)15-26-27(32)31(28(33)37-26)17-20-7-8-21(30)16-23(20)29/h4-11,14-16H,3,12-13,17H2,1-2H3/b26-15-. The van der Waals surface area contributed by atoms with E-state index in [4.69, 9.17) is 25.8 Å². The number of hydrogen-bond donors (Lipinski definition) is 0. The second kappa shape index (κ2) is 12.2. The Hall–Kier alpha value is -3.49. The van der Waals surface area contributed by atoms with Crippen LogP contribution in [-0.4, -0.2) is 35.9 Å². The summed E-state index contributed by atoms with van der Waals surface area (Å²) in [4.78, 5) is 26.8. The van der Waals surface area contributed by atoms with E-state index >= 15 is 0 Å². The molecule has 2 amide bonds. The van der Waals surface area contributed by atoms with E-state index in [0.29, 0.717) is 42.4 Å². The van der Waals surface area contributed by atoms with Crippen LogP contribution in [0.15, 0.2) is 65.6 Å². The Balaban J connectivity index is 1.42. The monoisotopic (exact) mass is 541 g/mol. The molecule has 4 rings (SSSR count). The van der Waals surface area contributed by atoms with Crippen molar-refractivity contribution < 1.29 is 28.2 Å². The molecule has 0 aliphatic carbocycles. The molecule has 0 radical (unpaired) electrons. The summed E-state index contributed by atoms with van der Waals surface area (Å²) in [6.07, 6.45) is 1.63. The summed E-state index contributed by atoms with van der Waals surface area (Å²) in [6.45, 7) is 4.95. The molecule has 192 valence electrons. The van der Waals surface area contributed by atoms with Gasteiger partial charge in [-0.05, 0) is 79.2 Å². The second-order valence-electron chi connectivity index (χ2n) is 8.15. The van der Waals surface area contributed by atoms with Gasteiger partial charge in [0.25, 0.3) is 11.1 Å². The fourth-order valence-corrected chi connectivity index (χ4v) is 4.62. The summed E-state index contributed by atoms with van der Waals surface area (Å²) in [5.41, 5.74) is 2.32. The first kappa shape index (κ1) is 26.6. The highest BCUT2D eigenvalue weighted by atomic mass is 35.5. The van der Waals surface area contributed by atoms with Gasteiger partial charge in [-0.2, -0.15) is 0 Å². The van der Waals surface area contributed by atoms with Crippen molar-refractivity contribution in [3.05, 3.63) is 93.1 Å². The van der Waals surface area contributed by atoms with Gasteiger partial charge in [0, 0.05) is 5.02 Å². The number of thioether (sulfide) groups is 1. The lowest BCUT2D eigenvalue weighted by molar-refractivity contribution is -0.123. The van der Waals surface area contributed by atoms with Crippen molar-refractivity contribution in [1.29, 1.82) is 0 Å². The lowest BCUT2D eigenvalue weighted by Gasteiger charge is -2.14. The van der Waals surface area contributed by atoms with Crippen molar-refractivity contribution in [1.82, 2.24) is 4.90 Å². The molecule has 0 N–H and O–H groups in total. The number of ether oxygens (including phenoxy) is 3. The smallest absolute Gasteiger partial charge is 0.293 e. The van der Waals surface area contributed by atoms with E-state index in [9.17, 15) is 14.0 Å². The molecule has 0 saturated carbocycles. The Morgan fingerprint density at radius 2 is 1.70 bits per heavy atom. The Morgan fingerprint density at radius 3 is 2.43 bits per heavy atom. The first-order chi connectivity index (χ1) is 17.8. The zero-order chi connectivity index (χ0) is 26.4. The second-order valence-corrected chi connectivity index (χ2v) is 9.55. The van der Waals surface area contributed by atoms with E-state index < -0.39 is 17.0 Å². The molecule has 1 saturated heterocycles. The van der Waals surface area contributed by atoms with Crippen molar-refractivity contribution >= 4 is 40.6 Å². The summed E-state index contributed by atoms with van der Waals surface area (Å²) < 4.78 is 30.6. The third-order valence-corrected chi connectivity index (χ3v) is 6.67. The highest BCUT2D eigenvalue weighted by Gasteiger charge is 2.35. The summed E-state index contributed by atoms with van der Waals surface area (Å²) >= 11 is 6.91. The zero-order valence-electron chi connectivity index (χ0n) is 20.3. The number of carbonyl (C=O) groups is 2. The molecule has 1 heterocycles. The summed E-state index contributed by atoms with van der Waals surface area (Å²) in [5.74, 6) is 0.903. The van der Waals surface area contributed by atoms with E-state index in [2.05, 4.69) is 0 Å². The topological polar surface area (TPSA) is 65.1 Å². The molecular weight excluding hydrogens is 517 g/mol. The molecule has 1 aliphatic rings. The van der Waals surface area contributed by atoms with Gasteiger partial charge in [0.05, 0.1) is 18.1 Å². The minimum Gasteiger partial charge on any atom is -0.490 e. The summed E-state index contributed by atoms with van der Waals surface area (Å²) in [6, 6.07) is 16.9. The molecule has 9 heteroatoms. The van der Waals surface area contributed by atoms with Crippen LogP contribution < -0.4 is 14.2 Å². The van der Waals surface area contributed by atoms with E-state index in [1.54, 1.807) is 24.3 Å². The van der Waals surface area contributed by atoms with Crippen molar-refractivity contribution in [3.63, 3.8) is 0 Å². The maximum absolute atomic E-state index is 13.3. The van der Waals surface area contributed by atoms with Crippen LogP contribution >= 0.6 is 23.4 Å². The molecule has 0 aromatic heterocycles. The molecule has 3 aromatic carbocycles. The van der Waals surface area contributed by atoms with Crippen LogP contribution in [0.4, 0.5) is 9.18 Å². The molecular formula is C28H25ClFNO5S. The van der Waals surface area contributed by atoms with Gasteiger partial charge in [-0.3, -0.25) is 14.5 Å². The van der Waals surface area contributed by atoms with E-state index in [-0.39, 0.29) is 16.5 Å². The first-order valence-electron chi connectivity index (χ1n) is 11.6. The number of nitrogens with zero attached hydrogens (tertiary/aromatic N) is 1. The summed E-state index contributed by atoms with van der Waals surface area (Å²) in [5, 5.41) is -0.264. The fraction of sp³-hybridized carbons (Fsp3) is 0.214. The lowest BCUT2D eigenvalue weighted by atomic mass is 10.1. The molecule has 3 aromatic rings. The highest BCUT2D eigenvalue weighted by molar-refractivity contribution is 8.18. The maximum atomic E-state index is 13.3. The molecule has 0 spiro atoms. The van der Waals surface area contributed by atoms with Crippen molar-refractivity contribution in [3.8, 4) is 17.2 Å². The average Bonchev–Trinajstić information content (AvgIpc) is 3.13. The largest absolute Gasteiger partial charge is 0.490 e. The number of amides is 2. The number of benzene rings is 3. The maximum Gasteiger partial charge on any atom is 0.293 e. The minimum absolute atomic E-state index is 0.0389. The van der Waals surface area contributed by atoms with E-state index in [1.165, 1.54) is 12.1 Å². The molecule has 37 heavy (non-hydrogen) atoms. The number of rotatable bonds is 10. The van der Waals surface area contributed by atoms with Crippen LogP contribution in [0.3, 0.4) is 0 Å². The number of aryl methyl sites for hydroxylation is 1. The quantitative estimate of drug-likeness (QED) is 0.206. The van der Waals surface area contributed by atoms with Gasteiger partial charge in [-0.25, -0.2) is 4.39 Å². The van der Waals surface area contributed by atoms with Gasteiger partial charge in [-0.1, -0.05) is 41.4 Å². The Labute approximate surface area is 224 Å². The Bertz CT molecular complexity index is 1330.